The Morgan fingerprint density at radius 1 is 1.28 bits per heavy atom. The zero-order valence-electron chi connectivity index (χ0n) is 13.1. The van der Waals surface area contributed by atoms with Crippen LogP contribution in [0.25, 0.3) is 0 Å². The Hall–Kier alpha value is -3.13. The Kier molecular flexibility index (Phi) is 5.56. The number of nitrogen functional groups attached to an aromatic ring is 1. The van der Waals surface area contributed by atoms with E-state index < -0.39 is 23.4 Å². The minimum Gasteiger partial charge on any atom is -0.452 e. The molecule has 130 valence electrons. The smallest absolute Gasteiger partial charge is 0.340 e. The van der Waals surface area contributed by atoms with Crippen LogP contribution in [0.2, 0.25) is 5.02 Å². The Morgan fingerprint density at radius 3 is 2.64 bits per heavy atom. The maximum atomic E-state index is 11.9. The predicted octanol–water partition coefficient (Wildman–Crippen LogP) is 2.93. The number of hydrogen-bond acceptors (Lipinski definition) is 6. The minimum atomic E-state index is -0.782. The van der Waals surface area contributed by atoms with Gasteiger partial charge < -0.3 is 15.8 Å². The van der Waals surface area contributed by atoms with Crippen molar-refractivity contribution < 1.29 is 19.2 Å². The third-order valence-corrected chi connectivity index (χ3v) is 3.50. The van der Waals surface area contributed by atoms with Crippen LogP contribution >= 0.6 is 11.6 Å². The highest BCUT2D eigenvalue weighted by molar-refractivity contribution is 6.31. The van der Waals surface area contributed by atoms with Gasteiger partial charge in [-0.15, -0.1) is 0 Å². The summed E-state index contributed by atoms with van der Waals surface area (Å²) in [5.74, 6) is -1.37. The van der Waals surface area contributed by atoms with Gasteiger partial charge in [-0.25, -0.2) is 4.79 Å². The van der Waals surface area contributed by atoms with Crippen molar-refractivity contribution in [1.29, 1.82) is 0 Å². The van der Waals surface area contributed by atoms with Gasteiger partial charge in [0.25, 0.3) is 11.6 Å². The molecule has 0 atom stereocenters. The monoisotopic (exact) mass is 363 g/mol. The van der Waals surface area contributed by atoms with Crippen molar-refractivity contribution in [2.45, 2.75) is 6.92 Å². The number of carbonyl (C=O) groups excluding carboxylic acids is 2. The minimum absolute atomic E-state index is 0.0619. The summed E-state index contributed by atoms with van der Waals surface area (Å²) < 4.78 is 4.90. The summed E-state index contributed by atoms with van der Waals surface area (Å²) in [4.78, 5) is 34.0. The van der Waals surface area contributed by atoms with Gasteiger partial charge in [0.1, 0.15) is 0 Å². The van der Waals surface area contributed by atoms with Gasteiger partial charge in [-0.2, -0.15) is 0 Å². The molecule has 0 heterocycles. The highest BCUT2D eigenvalue weighted by atomic mass is 35.5. The summed E-state index contributed by atoms with van der Waals surface area (Å²) in [6.45, 7) is 1.07. The van der Waals surface area contributed by atoms with Gasteiger partial charge in [0.2, 0.25) is 0 Å². The number of nitro groups is 1. The fraction of sp³-hybridized carbons (Fsp3) is 0.125. The molecule has 0 spiro atoms. The van der Waals surface area contributed by atoms with Crippen LogP contribution in [0, 0.1) is 17.0 Å². The molecule has 0 aliphatic carbocycles. The van der Waals surface area contributed by atoms with E-state index in [0.717, 1.165) is 0 Å². The van der Waals surface area contributed by atoms with Crippen LogP contribution in [0.5, 0.6) is 0 Å². The van der Waals surface area contributed by atoms with Gasteiger partial charge in [-0.05, 0) is 36.8 Å². The number of benzene rings is 2. The van der Waals surface area contributed by atoms with Crippen molar-refractivity contribution in [1.82, 2.24) is 0 Å². The maximum Gasteiger partial charge on any atom is 0.340 e. The molecule has 8 nitrogen and oxygen atoms in total. The third kappa shape index (κ3) is 4.67. The quantitative estimate of drug-likeness (QED) is 0.364. The molecule has 0 fully saturated rings. The molecule has 9 heteroatoms. The molecule has 0 aromatic heterocycles. The number of aryl methyl sites for hydroxylation is 1. The average Bonchev–Trinajstić information content (AvgIpc) is 2.56. The van der Waals surface area contributed by atoms with Gasteiger partial charge >= 0.3 is 5.97 Å². The Balaban J connectivity index is 1.98. The molecule has 0 aliphatic rings. The maximum absolute atomic E-state index is 11.9. The van der Waals surface area contributed by atoms with Crippen molar-refractivity contribution in [3.05, 3.63) is 62.7 Å². The van der Waals surface area contributed by atoms with E-state index in [2.05, 4.69) is 5.32 Å². The normalized spacial score (nSPS) is 10.2. The summed E-state index contributed by atoms with van der Waals surface area (Å²) in [7, 11) is 0. The average molecular weight is 364 g/mol. The highest BCUT2D eigenvalue weighted by Crippen LogP contribution is 2.21. The third-order valence-electron chi connectivity index (χ3n) is 3.26. The molecule has 1 amide bonds. The summed E-state index contributed by atoms with van der Waals surface area (Å²) in [5, 5.41) is 13.5. The van der Waals surface area contributed by atoms with E-state index in [4.69, 9.17) is 22.1 Å². The summed E-state index contributed by atoms with van der Waals surface area (Å²) in [6.07, 6.45) is 0. The van der Waals surface area contributed by atoms with E-state index >= 15 is 0 Å². The first kappa shape index (κ1) is 18.2. The number of halogens is 1. The largest absolute Gasteiger partial charge is 0.452 e. The first-order valence-corrected chi connectivity index (χ1v) is 7.43. The van der Waals surface area contributed by atoms with Crippen LogP contribution in [0.3, 0.4) is 0 Å². The van der Waals surface area contributed by atoms with Crippen molar-refractivity contribution in [3.63, 3.8) is 0 Å². The van der Waals surface area contributed by atoms with Crippen LogP contribution < -0.4 is 11.1 Å². The molecule has 0 bridgehead atoms. The number of rotatable bonds is 5. The first-order chi connectivity index (χ1) is 11.8. The number of nitrogens with one attached hydrogen (secondary N) is 1. The zero-order chi connectivity index (χ0) is 18.6. The topological polar surface area (TPSA) is 125 Å². The first-order valence-electron chi connectivity index (χ1n) is 7.05. The number of nitrogens with zero attached hydrogens (tertiary/aromatic N) is 1. The number of anilines is 2. The van der Waals surface area contributed by atoms with E-state index in [-0.39, 0.29) is 16.9 Å². The molecule has 25 heavy (non-hydrogen) atoms. The van der Waals surface area contributed by atoms with E-state index in [9.17, 15) is 19.7 Å². The van der Waals surface area contributed by atoms with Gasteiger partial charge in [0.15, 0.2) is 6.61 Å². The molecule has 2 rings (SSSR count). The van der Waals surface area contributed by atoms with Crippen molar-refractivity contribution >= 4 is 40.5 Å². The van der Waals surface area contributed by atoms with Gasteiger partial charge in [-0.3, -0.25) is 14.9 Å². The SMILES string of the molecule is Cc1cc([N+](=O)[O-])ccc1NC(=O)COC(=O)c1cc(Cl)ccc1N. The summed E-state index contributed by atoms with van der Waals surface area (Å²) in [6, 6.07) is 8.33. The lowest BCUT2D eigenvalue weighted by molar-refractivity contribution is -0.384. The lowest BCUT2D eigenvalue weighted by Gasteiger charge is -2.10. The number of hydrogen-bond donors (Lipinski definition) is 2. The second-order valence-corrected chi connectivity index (χ2v) is 5.55. The van der Waals surface area contributed by atoms with Crippen LogP contribution in [0.1, 0.15) is 15.9 Å². The van der Waals surface area contributed by atoms with Crippen LogP contribution in [-0.2, 0) is 9.53 Å². The van der Waals surface area contributed by atoms with Crippen LogP contribution in [0.4, 0.5) is 17.1 Å². The fourth-order valence-corrected chi connectivity index (χ4v) is 2.17. The molecule has 3 N–H and O–H groups in total. The van der Waals surface area contributed by atoms with E-state index in [1.807, 2.05) is 0 Å². The standard InChI is InChI=1S/C16H14ClN3O5/c1-9-6-11(20(23)24)3-5-14(9)19-15(21)8-25-16(22)12-7-10(17)2-4-13(12)18/h2-7H,8,18H2,1H3,(H,19,21). The molecular formula is C16H14ClN3O5. The van der Waals surface area contributed by atoms with E-state index in [1.165, 1.54) is 36.4 Å². The van der Waals surface area contributed by atoms with Gasteiger partial charge in [-0.1, -0.05) is 11.6 Å². The number of ether oxygens (including phenoxy) is 1. The van der Waals surface area contributed by atoms with Crippen LogP contribution in [0.15, 0.2) is 36.4 Å². The molecule has 0 radical (unpaired) electrons. The number of non-ortho nitro benzene ring substituents is 1. The summed E-state index contributed by atoms with van der Waals surface area (Å²) in [5.41, 5.74) is 6.71. The lowest BCUT2D eigenvalue weighted by atomic mass is 10.2. The molecular weight excluding hydrogens is 350 g/mol. The lowest BCUT2D eigenvalue weighted by Crippen LogP contribution is -2.21. The highest BCUT2D eigenvalue weighted by Gasteiger charge is 2.15. The zero-order valence-corrected chi connectivity index (χ0v) is 13.9. The number of nitro benzene ring substituents is 1. The van der Waals surface area contributed by atoms with Gasteiger partial charge in [0, 0.05) is 28.5 Å². The van der Waals surface area contributed by atoms with Crippen molar-refractivity contribution in [2.24, 2.45) is 0 Å². The van der Waals surface area contributed by atoms with E-state index in [1.54, 1.807) is 6.92 Å². The molecule has 0 saturated carbocycles. The molecule has 2 aromatic rings. The molecule has 0 aliphatic heterocycles. The molecule has 2 aromatic carbocycles. The Bertz CT molecular complexity index is 854. The van der Waals surface area contributed by atoms with Crippen LogP contribution in [-0.4, -0.2) is 23.4 Å². The second kappa shape index (κ2) is 7.63. The van der Waals surface area contributed by atoms with Crippen molar-refractivity contribution in [3.8, 4) is 0 Å². The number of nitrogens with two attached hydrogens (primary N) is 1. The van der Waals surface area contributed by atoms with Crippen molar-refractivity contribution in [2.75, 3.05) is 17.7 Å². The fourth-order valence-electron chi connectivity index (χ4n) is 2.00. The van der Waals surface area contributed by atoms with E-state index in [0.29, 0.717) is 16.3 Å². The Morgan fingerprint density at radius 2 is 2.00 bits per heavy atom. The number of amides is 1. The predicted molar refractivity (Wildman–Crippen MR) is 92.6 cm³/mol. The molecule has 0 saturated heterocycles. The molecule has 0 unspecified atom stereocenters. The second-order valence-electron chi connectivity index (χ2n) is 5.11. The summed E-state index contributed by atoms with van der Waals surface area (Å²) >= 11 is 5.79. The number of esters is 1. The Labute approximate surface area is 147 Å². The van der Waals surface area contributed by atoms with Gasteiger partial charge in [0.05, 0.1) is 10.5 Å². The number of carbonyl (C=O) groups is 2.